The summed E-state index contributed by atoms with van der Waals surface area (Å²) in [6.45, 7) is 0.0910. The smallest absolute Gasteiger partial charge is 0.422 e. The van der Waals surface area contributed by atoms with Crippen molar-refractivity contribution < 1.29 is 32.7 Å². The monoisotopic (exact) mass is 370 g/mol. The van der Waals surface area contributed by atoms with Crippen molar-refractivity contribution in [3.63, 3.8) is 0 Å². The minimum absolute atomic E-state index is 0.00547. The maximum absolute atomic E-state index is 12.4. The molecule has 0 aliphatic heterocycles. The molecule has 2 aromatic rings. The number of benzene rings is 2. The van der Waals surface area contributed by atoms with Crippen LogP contribution in [0.1, 0.15) is 15.9 Å². The lowest BCUT2D eigenvalue weighted by molar-refractivity contribution is -0.385. The van der Waals surface area contributed by atoms with Gasteiger partial charge in [-0.25, -0.2) is 0 Å². The van der Waals surface area contributed by atoms with Crippen LogP contribution in [-0.2, 0) is 0 Å². The molecule has 0 fully saturated rings. The number of hydrogen-bond acceptors (Lipinski definition) is 5. The summed E-state index contributed by atoms with van der Waals surface area (Å²) < 4.78 is 41.2. The molecule has 0 saturated heterocycles. The summed E-state index contributed by atoms with van der Waals surface area (Å²) in [5.74, 6) is -1.60. The zero-order valence-electron chi connectivity index (χ0n) is 13.3. The lowest BCUT2D eigenvalue weighted by Gasteiger charge is -2.11. The molecule has 26 heavy (non-hydrogen) atoms. The van der Waals surface area contributed by atoms with Crippen molar-refractivity contribution in [3.8, 4) is 11.5 Å². The number of halogens is 3. The van der Waals surface area contributed by atoms with E-state index in [1.54, 1.807) is 13.0 Å². The van der Waals surface area contributed by atoms with E-state index in [-0.39, 0.29) is 17.2 Å². The summed E-state index contributed by atoms with van der Waals surface area (Å²) in [5, 5.41) is 23.1. The van der Waals surface area contributed by atoms with Crippen LogP contribution in [0.25, 0.3) is 0 Å². The fourth-order valence-corrected chi connectivity index (χ4v) is 2.05. The topological polar surface area (TPSA) is 102 Å². The molecule has 138 valence electrons. The van der Waals surface area contributed by atoms with E-state index in [4.69, 9.17) is 0 Å². The molecular weight excluding hydrogens is 357 g/mol. The first-order chi connectivity index (χ1) is 12.1. The van der Waals surface area contributed by atoms with Crippen molar-refractivity contribution in [1.29, 1.82) is 0 Å². The van der Waals surface area contributed by atoms with E-state index in [1.165, 1.54) is 12.1 Å². The maximum Gasteiger partial charge on any atom is 0.422 e. The number of carbonyl (C=O) groups is 1. The lowest BCUT2D eigenvalue weighted by atomic mass is 10.1. The van der Waals surface area contributed by atoms with Gasteiger partial charge in [0.25, 0.3) is 11.6 Å². The van der Waals surface area contributed by atoms with Gasteiger partial charge in [-0.15, -0.1) is 0 Å². The second kappa shape index (κ2) is 7.30. The molecule has 0 spiro atoms. The highest BCUT2D eigenvalue weighted by Crippen LogP contribution is 2.29. The first kappa shape index (κ1) is 19.0. The van der Waals surface area contributed by atoms with Crippen LogP contribution in [-0.4, -0.2) is 28.7 Å². The van der Waals surface area contributed by atoms with Gasteiger partial charge in [0, 0.05) is 6.07 Å². The van der Waals surface area contributed by atoms with E-state index in [0.29, 0.717) is 5.56 Å². The first-order valence-electron chi connectivity index (χ1n) is 7.16. The molecule has 2 N–H and O–H groups in total. The van der Waals surface area contributed by atoms with Crippen molar-refractivity contribution in [3.05, 3.63) is 57.6 Å². The molecule has 0 unspecified atom stereocenters. The van der Waals surface area contributed by atoms with Crippen LogP contribution in [0.2, 0.25) is 0 Å². The normalized spacial score (nSPS) is 11.1. The Bertz CT molecular complexity index is 852. The Morgan fingerprint density at radius 1 is 1.27 bits per heavy atom. The van der Waals surface area contributed by atoms with Crippen molar-refractivity contribution in [2.75, 3.05) is 11.9 Å². The Hall–Kier alpha value is -3.30. The summed E-state index contributed by atoms with van der Waals surface area (Å²) in [6.07, 6.45) is -4.60. The number of nitro benzene ring substituents is 1. The third-order valence-electron chi connectivity index (χ3n) is 3.21. The van der Waals surface area contributed by atoms with Gasteiger partial charge in [0.1, 0.15) is 17.1 Å². The van der Waals surface area contributed by atoms with Crippen LogP contribution in [0.15, 0.2) is 36.4 Å². The molecule has 2 rings (SSSR count). The molecule has 0 aliphatic carbocycles. The van der Waals surface area contributed by atoms with Gasteiger partial charge in [0.15, 0.2) is 6.61 Å². The Labute approximate surface area is 145 Å². The maximum atomic E-state index is 12.4. The number of nitrogens with zero attached hydrogens (tertiary/aromatic N) is 1. The number of aromatic hydroxyl groups is 1. The van der Waals surface area contributed by atoms with E-state index in [9.17, 15) is 33.2 Å². The lowest BCUT2D eigenvalue weighted by Crippen LogP contribution is -2.20. The third-order valence-corrected chi connectivity index (χ3v) is 3.21. The summed E-state index contributed by atoms with van der Waals surface area (Å²) in [7, 11) is 0. The number of nitrogens with one attached hydrogen (secondary N) is 1. The average Bonchev–Trinajstić information content (AvgIpc) is 2.55. The Morgan fingerprint density at radius 2 is 1.96 bits per heavy atom. The van der Waals surface area contributed by atoms with Crippen LogP contribution in [0.5, 0.6) is 11.5 Å². The predicted octanol–water partition coefficient (Wildman–Crippen LogP) is 3.80. The Kier molecular flexibility index (Phi) is 5.34. The minimum atomic E-state index is -4.60. The highest BCUT2D eigenvalue weighted by Gasteiger charge is 2.29. The van der Waals surface area contributed by atoms with Crippen molar-refractivity contribution in [2.45, 2.75) is 13.1 Å². The van der Waals surface area contributed by atoms with Crippen LogP contribution in [0, 0.1) is 17.0 Å². The standard InChI is InChI=1S/C16H13F3N2O5/c1-9-2-5-14(22)12(6-9)20-15(23)11-7-10(26-8-16(17,18)19)3-4-13(11)21(24)25/h2-7,22H,8H2,1H3,(H,20,23). The van der Waals surface area contributed by atoms with Crippen molar-refractivity contribution in [2.24, 2.45) is 0 Å². The number of anilines is 1. The molecule has 2 aromatic carbocycles. The first-order valence-corrected chi connectivity index (χ1v) is 7.16. The molecule has 7 nitrogen and oxygen atoms in total. The fourth-order valence-electron chi connectivity index (χ4n) is 2.05. The van der Waals surface area contributed by atoms with Gasteiger partial charge in [-0.05, 0) is 36.8 Å². The van der Waals surface area contributed by atoms with Gasteiger partial charge in [-0.3, -0.25) is 14.9 Å². The summed E-state index contributed by atoms with van der Waals surface area (Å²) in [5.41, 5.74) is -0.412. The SMILES string of the molecule is Cc1ccc(O)c(NC(=O)c2cc(OCC(F)(F)F)ccc2[N+](=O)[O-])c1. The molecule has 0 radical (unpaired) electrons. The van der Waals surface area contributed by atoms with Gasteiger partial charge in [0.2, 0.25) is 0 Å². The van der Waals surface area contributed by atoms with Crippen LogP contribution >= 0.6 is 0 Å². The van der Waals surface area contributed by atoms with Crippen LogP contribution in [0.4, 0.5) is 24.5 Å². The highest BCUT2D eigenvalue weighted by atomic mass is 19.4. The largest absolute Gasteiger partial charge is 0.506 e. The molecule has 0 aromatic heterocycles. The molecule has 0 heterocycles. The van der Waals surface area contributed by atoms with Crippen LogP contribution in [0.3, 0.4) is 0 Å². The Balaban J connectivity index is 2.33. The molecule has 0 bridgehead atoms. The number of aryl methyl sites for hydroxylation is 1. The summed E-state index contributed by atoms with van der Waals surface area (Å²) >= 11 is 0. The van der Waals surface area contributed by atoms with E-state index in [1.807, 2.05) is 0 Å². The Morgan fingerprint density at radius 3 is 2.58 bits per heavy atom. The van der Waals surface area contributed by atoms with Crippen LogP contribution < -0.4 is 10.1 Å². The van der Waals surface area contributed by atoms with Gasteiger partial charge in [-0.1, -0.05) is 6.07 Å². The number of phenols is 1. The number of rotatable bonds is 5. The average molecular weight is 370 g/mol. The van der Waals surface area contributed by atoms with Gasteiger partial charge in [-0.2, -0.15) is 13.2 Å². The van der Waals surface area contributed by atoms with E-state index >= 15 is 0 Å². The third kappa shape index (κ3) is 4.85. The van der Waals surface area contributed by atoms with Gasteiger partial charge in [0.05, 0.1) is 10.6 Å². The quantitative estimate of drug-likeness (QED) is 0.473. The number of ether oxygens (including phenoxy) is 1. The molecule has 10 heteroatoms. The number of hydrogen-bond donors (Lipinski definition) is 2. The predicted molar refractivity (Wildman–Crippen MR) is 85.4 cm³/mol. The molecule has 0 aliphatic rings. The van der Waals surface area contributed by atoms with E-state index < -0.39 is 34.9 Å². The second-order valence-electron chi connectivity index (χ2n) is 5.31. The zero-order chi connectivity index (χ0) is 19.5. The number of carbonyl (C=O) groups excluding carboxylic acids is 1. The summed E-state index contributed by atoms with van der Waals surface area (Å²) in [6, 6.07) is 7.01. The molecule has 1 amide bonds. The number of nitro groups is 1. The summed E-state index contributed by atoms with van der Waals surface area (Å²) in [4.78, 5) is 22.6. The molecule has 0 saturated carbocycles. The number of phenolic OH excluding ortho intramolecular Hbond substituents is 1. The molecular formula is C16H13F3N2O5. The highest BCUT2D eigenvalue weighted by molar-refractivity contribution is 6.08. The second-order valence-corrected chi connectivity index (χ2v) is 5.31. The fraction of sp³-hybridized carbons (Fsp3) is 0.188. The van der Waals surface area contributed by atoms with Gasteiger partial charge < -0.3 is 15.2 Å². The zero-order valence-corrected chi connectivity index (χ0v) is 13.3. The van der Waals surface area contributed by atoms with Crippen molar-refractivity contribution >= 4 is 17.3 Å². The number of alkyl halides is 3. The van der Waals surface area contributed by atoms with E-state index in [2.05, 4.69) is 10.1 Å². The van der Waals surface area contributed by atoms with Crippen molar-refractivity contribution in [1.82, 2.24) is 0 Å². The molecule has 0 atom stereocenters. The van der Waals surface area contributed by atoms with E-state index in [0.717, 1.165) is 18.2 Å². The van der Waals surface area contributed by atoms with Gasteiger partial charge >= 0.3 is 6.18 Å². The number of amides is 1. The minimum Gasteiger partial charge on any atom is -0.506 e.